The summed E-state index contributed by atoms with van der Waals surface area (Å²) in [4.78, 5) is 3.74. The van der Waals surface area contributed by atoms with Crippen LogP contribution in [-0.4, -0.2) is 26.4 Å². The number of rotatable bonds is 7. The summed E-state index contributed by atoms with van der Waals surface area (Å²) in [7, 11) is 0. The van der Waals surface area contributed by atoms with E-state index >= 15 is 0 Å². The smallest absolute Gasteiger partial charge is 0.0507 e. The van der Waals surface area contributed by atoms with Gasteiger partial charge >= 0.3 is 0 Å². The summed E-state index contributed by atoms with van der Waals surface area (Å²) in [6.45, 7) is 8.57. The van der Waals surface area contributed by atoms with E-state index in [-0.39, 0.29) is 0 Å². The fourth-order valence-electron chi connectivity index (χ4n) is 0.783. The molecule has 60 valence electrons. The fraction of sp³-hybridized carbons (Fsp3) is 0.875. The van der Waals surface area contributed by atoms with Gasteiger partial charge < -0.3 is 5.32 Å². The van der Waals surface area contributed by atoms with Crippen molar-refractivity contribution in [1.82, 2.24) is 5.32 Å². The van der Waals surface area contributed by atoms with Gasteiger partial charge in [-0.15, -0.1) is 0 Å². The summed E-state index contributed by atoms with van der Waals surface area (Å²) in [5.41, 5.74) is 0. The van der Waals surface area contributed by atoms with Gasteiger partial charge in [0.05, 0.1) is 6.54 Å². The molecule has 0 fully saturated rings. The molecular formula is C8H18N2. The molecule has 1 N–H and O–H groups in total. The minimum absolute atomic E-state index is 0.839. The van der Waals surface area contributed by atoms with Crippen molar-refractivity contribution in [3.8, 4) is 0 Å². The number of aliphatic imine (C=N–C) groups is 1. The second-order valence-electron chi connectivity index (χ2n) is 2.40. The molecular weight excluding hydrogens is 124 g/mol. The first kappa shape index (κ1) is 9.63. The van der Waals surface area contributed by atoms with Crippen LogP contribution in [0.15, 0.2) is 4.99 Å². The third-order valence-electron chi connectivity index (χ3n) is 1.40. The maximum atomic E-state index is 3.74. The second-order valence-corrected chi connectivity index (χ2v) is 2.40. The zero-order chi connectivity index (χ0) is 7.66. The van der Waals surface area contributed by atoms with Gasteiger partial charge in [0.25, 0.3) is 0 Å². The van der Waals surface area contributed by atoms with Crippen molar-refractivity contribution >= 4 is 6.72 Å². The number of nitrogens with zero attached hydrogens (tertiary/aromatic N) is 1. The van der Waals surface area contributed by atoms with Crippen LogP contribution < -0.4 is 5.32 Å². The molecule has 0 bridgehead atoms. The third-order valence-corrected chi connectivity index (χ3v) is 1.40. The molecule has 0 amide bonds. The standard InChI is InChI=1S/C8H18N2/c1-3-4-5-6-10-8-7-9-2/h10H,2-8H2,1H3. The van der Waals surface area contributed by atoms with Gasteiger partial charge in [0.2, 0.25) is 0 Å². The van der Waals surface area contributed by atoms with Crippen LogP contribution in [0, 0.1) is 0 Å². The van der Waals surface area contributed by atoms with E-state index in [0.717, 1.165) is 19.6 Å². The summed E-state index contributed by atoms with van der Waals surface area (Å²) in [6, 6.07) is 0. The highest BCUT2D eigenvalue weighted by Crippen LogP contribution is 1.90. The predicted octanol–water partition coefficient (Wildman–Crippen LogP) is 1.47. The largest absolute Gasteiger partial charge is 0.315 e. The highest BCUT2D eigenvalue weighted by atomic mass is 14.9. The summed E-state index contributed by atoms with van der Waals surface area (Å²) < 4.78 is 0. The van der Waals surface area contributed by atoms with Crippen LogP contribution in [0.25, 0.3) is 0 Å². The molecule has 0 aliphatic rings. The van der Waals surface area contributed by atoms with Gasteiger partial charge in [-0.25, -0.2) is 0 Å². The number of hydrogen-bond donors (Lipinski definition) is 1. The summed E-state index contributed by atoms with van der Waals surface area (Å²) >= 11 is 0. The van der Waals surface area contributed by atoms with Gasteiger partial charge in [0, 0.05) is 6.54 Å². The highest BCUT2D eigenvalue weighted by molar-refractivity contribution is 5.23. The van der Waals surface area contributed by atoms with Gasteiger partial charge in [0.1, 0.15) is 0 Å². The lowest BCUT2D eigenvalue weighted by atomic mass is 10.2. The summed E-state index contributed by atoms with van der Waals surface area (Å²) in [6.07, 6.45) is 3.91. The average molecular weight is 142 g/mol. The van der Waals surface area contributed by atoms with Crippen LogP contribution in [0.3, 0.4) is 0 Å². The Kier molecular flexibility index (Phi) is 8.31. The Bertz CT molecular complexity index is 71.7. The van der Waals surface area contributed by atoms with Crippen molar-refractivity contribution in [2.24, 2.45) is 4.99 Å². The molecule has 2 nitrogen and oxygen atoms in total. The van der Waals surface area contributed by atoms with Crippen molar-refractivity contribution in [1.29, 1.82) is 0 Å². The van der Waals surface area contributed by atoms with Crippen molar-refractivity contribution < 1.29 is 0 Å². The summed E-state index contributed by atoms with van der Waals surface area (Å²) in [5.74, 6) is 0. The maximum Gasteiger partial charge on any atom is 0.0507 e. The van der Waals surface area contributed by atoms with Gasteiger partial charge in [-0.3, -0.25) is 4.99 Å². The zero-order valence-corrected chi connectivity index (χ0v) is 6.90. The van der Waals surface area contributed by atoms with E-state index in [0.29, 0.717) is 0 Å². The first-order chi connectivity index (χ1) is 4.91. The summed E-state index contributed by atoms with van der Waals surface area (Å²) in [5, 5.41) is 3.29. The molecule has 0 aromatic carbocycles. The lowest BCUT2D eigenvalue weighted by molar-refractivity contribution is 0.622. The molecule has 0 aliphatic carbocycles. The van der Waals surface area contributed by atoms with E-state index in [1.807, 2.05) is 0 Å². The van der Waals surface area contributed by atoms with E-state index in [1.54, 1.807) is 0 Å². The molecule has 0 saturated carbocycles. The van der Waals surface area contributed by atoms with Crippen molar-refractivity contribution in [2.45, 2.75) is 26.2 Å². The molecule has 10 heavy (non-hydrogen) atoms. The Morgan fingerprint density at radius 1 is 1.30 bits per heavy atom. The van der Waals surface area contributed by atoms with Crippen LogP contribution in [0.1, 0.15) is 26.2 Å². The molecule has 0 aromatic heterocycles. The number of nitrogens with one attached hydrogen (secondary N) is 1. The lowest BCUT2D eigenvalue weighted by Gasteiger charge is -1.99. The first-order valence-electron chi connectivity index (χ1n) is 4.05. The predicted molar refractivity (Wildman–Crippen MR) is 46.8 cm³/mol. The molecule has 0 unspecified atom stereocenters. The molecule has 0 aliphatic heterocycles. The normalized spacial score (nSPS) is 9.70. The minimum atomic E-state index is 0.839. The van der Waals surface area contributed by atoms with Crippen molar-refractivity contribution in [3.05, 3.63) is 0 Å². The quantitative estimate of drug-likeness (QED) is 0.422. The second kappa shape index (κ2) is 8.63. The Labute approximate surface area is 63.7 Å². The number of hydrogen-bond acceptors (Lipinski definition) is 2. The first-order valence-corrected chi connectivity index (χ1v) is 4.05. The molecule has 0 aromatic rings. The van der Waals surface area contributed by atoms with Crippen LogP contribution in [-0.2, 0) is 0 Å². The Hall–Kier alpha value is -0.370. The van der Waals surface area contributed by atoms with Crippen molar-refractivity contribution in [2.75, 3.05) is 19.6 Å². The van der Waals surface area contributed by atoms with Crippen LogP contribution in [0.4, 0.5) is 0 Å². The molecule has 0 atom stereocenters. The maximum absolute atomic E-state index is 3.74. The van der Waals surface area contributed by atoms with E-state index in [1.165, 1.54) is 19.3 Å². The Morgan fingerprint density at radius 2 is 2.10 bits per heavy atom. The molecule has 2 heteroatoms. The van der Waals surface area contributed by atoms with E-state index < -0.39 is 0 Å². The van der Waals surface area contributed by atoms with Crippen molar-refractivity contribution in [3.63, 3.8) is 0 Å². The number of unbranched alkanes of at least 4 members (excludes halogenated alkanes) is 2. The molecule has 0 saturated heterocycles. The molecule has 0 rings (SSSR count). The highest BCUT2D eigenvalue weighted by Gasteiger charge is 1.84. The molecule has 0 heterocycles. The van der Waals surface area contributed by atoms with Gasteiger partial charge in [-0.2, -0.15) is 0 Å². The molecule has 0 radical (unpaired) electrons. The zero-order valence-electron chi connectivity index (χ0n) is 6.90. The van der Waals surface area contributed by atoms with Crippen LogP contribution >= 0.6 is 0 Å². The average Bonchev–Trinajstić information content (AvgIpc) is 1.97. The fourth-order valence-corrected chi connectivity index (χ4v) is 0.783. The van der Waals surface area contributed by atoms with E-state index in [2.05, 4.69) is 24.0 Å². The monoisotopic (exact) mass is 142 g/mol. The van der Waals surface area contributed by atoms with Gasteiger partial charge in [-0.05, 0) is 19.7 Å². The lowest BCUT2D eigenvalue weighted by Crippen LogP contribution is -2.18. The van der Waals surface area contributed by atoms with E-state index in [4.69, 9.17) is 0 Å². The topological polar surface area (TPSA) is 24.4 Å². The Balaban J connectivity index is 2.70. The van der Waals surface area contributed by atoms with Gasteiger partial charge in [-0.1, -0.05) is 19.8 Å². The third kappa shape index (κ3) is 7.63. The van der Waals surface area contributed by atoms with Crippen LogP contribution in [0.5, 0.6) is 0 Å². The Morgan fingerprint density at radius 3 is 2.70 bits per heavy atom. The van der Waals surface area contributed by atoms with Gasteiger partial charge in [0.15, 0.2) is 0 Å². The van der Waals surface area contributed by atoms with E-state index in [9.17, 15) is 0 Å². The minimum Gasteiger partial charge on any atom is -0.315 e. The molecule has 0 spiro atoms. The van der Waals surface area contributed by atoms with Crippen LogP contribution in [0.2, 0.25) is 0 Å². The SMILES string of the molecule is C=NCCNCCCCC.